The summed E-state index contributed by atoms with van der Waals surface area (Å²) in [5, 5.41) is 9.29. The fourth-order valence-electron chi connectivity index (χ4n) is 2.55. The summed E-state index contributed by atoms with van der Waals surface area (Å²) in [7, 11) is 4.66. The highest BCUT2D eigenvalue weighted by atomic mass is 16.5. The van der Waals surface area contributed by atoms with Gasteiger partial charge in [0.1, 0.15) is 11.5 Å². The molecular weight excluding hydrogens is 262 g/mol. The Bertz CT molecular complexity index is 520. The zero-order valence-corrected chi connectivity index (χ0v) is 11.6. The van der Waals surface area contributed by atoms with Crippen LogP contribution in [-0.2, 0) is 9.59 Å². The molecule has 0 bridgehead atoms. The van der Waals surface area contributed by atoms with Crippen molar-refractivity contribution < 1.29 is 24.2 Å². The molecule has 6 nitrogen and oxygen atoms in total. The van der Waals surface area contributed by atoms with Crippen molar-refractivity contribution in [2.75, 3.05) is 21.3 Å². The molecule has 0 radical (unpaired) electrons. The molecule has 1 N–H and O–H groups in total. The van der Waals surface area contributed by atoms with Crippen molar-refractivity contribution in [3.63, 3.8) is 0 Å². The molecule has 2 atom stereocenters. The number of carbonyl (C=O) groups excluding carboxylic acids is 1. The molecule has 1 aromatic carbocycles. The van der Waals surface area contributed by atoms with Crippen LogP contribution < -0.4 is 9.47 Å². The van der Waals surface area contributed by atoms with E-state index >= 15 is 0 Å². The second-order valence-corrected chi connectivity index (χ2v) is 4.74. The van der Waals surface area contributed by atoms with Crippen LogP contribution in [0.4, 0.5) is 0 Å². The first-order valence-electron chi connectivity index (χ1n) is 6.19. The van der Waals surface area contributed by atoms with E-state index < -0.39 is 17.9 Å². The van der Waals surface area contributed by atoms with Crippen LogP contribution in [0.2, 0.25) is 0 Å². The van der Waals surface area contributed by atoms with E-state index in [4.69, 9.17) is 9.47 Å². The quantitative estimate of drug-likeness (QED) is 0.899. The predicted molar refractivity (Wildman–Crippen MR) is 70.8 cm³/mol. The smallest absolute Gasteiger partial charge is 0.309 e. The van der Waals surface area contributed by atoms with Crippen molar-refractivity contribution in [1.29, 1.82) is 0 Å². The van der Waals surface area contributed by atoms with E-state index in [-0.39, 0.29) is 12.3 Å². The molecule has 2 rings (SSSR count). The summed E-state index contributed by atoms with van der Waals surface area (Å²) in [5.74, 6) is -0.782. The highest BCUT2D eigenvalue weighted by molar-refractivity contribution is 5.87. The number of likely N-dealkylation sites (tertiary alicyclic amines) is 1. The monoisotopic (exact) mass is 279 g/mol. The standard InChI is InChI=1S/C14H17NO5/c1-15-12(16)7-11(14(17)18)13(15)8-4-9(19-2)6-10(5-8)20-3/h4-6,11,13H,7H2,1-3H3,(H,17,18)/t11-,13-/m0/s1. The third-order valence-electron chi connectivity index (χ3n) is 3.62. The van der Waals surface area contributed by atoms with E-state index in [2.05, 4.69) is 0 Å². The molecule has 0 spiro atoms. The SMILES string of the molecule is COc1cc(OC)cc([C@H]2[C@@H](C(=O)O)CC(=O)N2C)c1. The van der Waals surface area contributed by atoms with Crippen LogP contribution in [0.5, 0.6) is 11.5 Å². The molecule has 1 aromatic rings. The Morgan fingerprint density at radius 3 is 2.25 bits per heavy atom. The predicted octanol–water partition coefficient (Wildman–Crippen LogP) is 1.31. The van der Waals surface area contributed by atoms with Gasteiger partial charge in [0.15, 0.2) is 0 Å². The lowest BCUT2D eigenvalue weighted by molar-refractivity contribution is -0.142. The van der Waals surface area contributed by atoms with Gasteiger partial charge in [0.2, 0.25) is 5.91 Å². The number of rotatable bonds is 4. The number of aliphatic carboxylic acids is 1. The topological polar surface area (TPSA) is 76.1 Å². The molecule has 1 aliphatic heterocycles. The normalized spacial score (nSPS) is 21.9. The van der Waals surface area contributed by atoms with E-state index in [9.17, 15) is 14.7 Å². The number of nitrogens with zero attached hydrogens (tertiary/aromatic N) is 1. The summed E-state index contributed by atoms with van der Waals surface area (Å²) in [6.07, 6.45) is 0.00995. The lowest BCUT2D eigenvalue weighted by atomic mass is 9.93. The van der Waals surface area contributed by atoms with Gasteiger partial charge in [0.25, 0.3) is 0 Å². The van der Waals surface area contributed by atoms with Gasteiger partial charge in [-0.25, -0.2) is 0 Å². The van der Waals surface area contributed by atoms with E-state index in [1.165, 1.54) is 19.1 Å². The van der Waals surface area contributed by atoms with E-state index in [0.29, 0.717) is 17.1 Å². The van der Waals surface area contributed by atoms with Gasteiger partial charge < -0.3 is 19.5 Å². The summed E-state index contributed by atoms with van der Waals surface area (Å²) >= 11 is 0. The molecule has 0 aromatic heterocycles. The molecule has 20 heavy (non-hydrogen) atoms. The first-order valence-corrected chi connectivity index (χ1v) is 6.19. The van der Waals surface area contributed by atoms with Crippen molar-refractivity contribution in [3.05, 3.63) is 23.8 Å². The van der Waals surface area contributed by atoms with Crippen LogP contribution >= 0.6 is 0 Å². The molecule has 1 amide bonds. The molecule has 1 aliphatic rings. The van der Waals surface area contributed by atoms with Gasteiger partial charge in [-0.2, -0.15) is 0 Å². The second-order valence-electron chi connectivity index (χ2n) is 4.74. The Labute approximate surface area is 116 Å². The second kappa shape index (κ2) is 5.40. The fourth-order valence-corrected chi connectivity index (χ4v) is 2.55. The number of amides is 1. The molecule has 108 valence electrons. The van der Waals surface area contributed by atoms with Crippen molar-refractivity contribution in [2.45, 2.75) is 12.5 Å². The van der Waals surface area contributed by atoms with Crippen molar-refractivity contribution in [1.82, 2.24) is 4.90 Å². The summed E-state index contributed by atoms with van der Waals surface area (Å²) in [6.45, 7) is 0. The van der Waals surface area contributed by atoms with Gasteiger partial charge in [0.05, 0.1) is 26.2 Å². The summed E-state index contributed by atoms with van der Waals surface area (Å²) in [4.78, 5) is 24.6. The molecule has 0 saturated carbocycles. The number of methoxy groups -OCH3 is 2. The number of hydrogen-bond donors (Lipinski definition) is 1. The lowest BCUT2D eigenvalue weighted by Gasteiger charge is -2.24. The maximum Gasteiger partial charge on any atom is 0.309 e. The lowest BCUT2D eigenvalue weighted by Crippen LogP contribution is -2.26. The fraction of sp³-hybridized carbons (Fsp3) is 0.429. The van der Waals surface area contributed by atoms with Crippen LogP contribution in [0.25, 0.3) is 0 Å². The first-order chi connectivity index (χ1) is 9.47. The minimum absolute atomic E-state index is 0.00995. The summed E-state index contributed by atoms with van der Waals surface area (Å²) < 4.78 is 10.4. The maximum atomic E-state index is 11.8. The van der Waals surface area contributed by atoms with Gasteiger partial charge in [0, 0.05) is 19.5 Å². The van der Waals surface area contributed by atoms with E-state index in [1.807, 2.05) is 0 Å². The van der Waals surface area contributed by atoms with Crippen LogP contribution in [0.3, 0.4) is 0 Å². The Morgan fingerprint density at radius 2 is 1.80 bits per heavy atom. The zero-order valence-electron chi connectivity index (χ0n) is 11.6. The molecule has 1 saturated heterocycles. The zero-order chi connectivity index (χ0) is 14.9. The number of carbonyl (C=O) groups is 2. The summed E-state index contributed by atoms with van der Waals surface area (Å²) in [5.41, 5.74) is 0.696. The third-order valence-corrected chi connectivity index (χ3v) is 3.62. The number of hydrogen-bond acceptors (Lipinski definition) is 4. The minimum atomic E-state index is -0.977. The molecule has 0 unspecified atom stereocenters. The maximum absolute atomic E-state index is 11.8. The van der Waals surface area contributed by atoms with Gasteiger partial charge >= 0.3 is 5.97 Å². The van der Waals surface area contributed by atoms with Gasteiger partial charge in [-0.15, -0.1) is 0 Å². The van der Waals surface area contributed by atoms with Crippen LogP contribution in [0.15, 0.2) is 18.2 Å². The van der Waals surface area contributed by atoms with Crippen molar-refractivity contribution in [3.8, 4) is 11.5 Å². The van der Waals surface area contributed by atoms with Gasteiger partial charge in [-0.3, -0.25) is 9.59 Å². The Balaban J connectivity index is 2.47. The number of benzene rings is 1. The van der Waals surface area contributed by atoms with Crippen molar-refractivity contribution >= 4 is 11.9 Å². The van der Waals surface area contributed by atoms with Gasteiger partial charge in [-0.05, 0) is 17.7 Å². The van der Waals surface area contributed by atoms with Gasteiger partial charge in [-0.1, -0.05) is 0 Å². The molecular formula is C14H17NO5. The van der Waals surface area contributed by atoms with Crippen LogP contribution in [-0.4, -0.2) is 43.2 Å². The molecule has 6 heteroatoms. The Kier molecular flexibility index (Phi) is 3.83. The number of carboxylic acids is 1. The average Bonchev–Trinajstić information content (AvgIpc) is 2.74. The number of carboxylic acid groups (broad SMARTS) is 1. The average molecular weight is 279 g/mol. The van der Waals surface area contributed by atoms with Crippen LogP contribution in [0, 0.1) is 5.92 Å². The largest absolute Gasteiger partial charge is 0.497 e. The molecule has 1 heterocycles. The molecule has 1 fully saturated rings. The number of ether oxygens (including phenoxy) is 2. The third kappa shape index (κ3) is 2.41. The van der Waals surface area contributed by atoms with E-state index in [0.717, 1.165) is 0 Å². The Hall–Kier alpha value is -2.24. The van der Waals surface area contributed by atoms with Crippen LogP contribution in [0.1, 0.15) is 18.0 Å². The molecule has 0 aliphatic carbocycles. The minimum Gasteiger partial charge on any atom is -0.497 e. The first kappa shape index (κ1) is 14.2. The summed E-state index contributed by atoms with van der Waals surface area (Å²) in [6, 6.07) is 4.66. The Morgan fingerprint density at radius 1 is 1.25 bits per heavy atom. The highest BCUT2D eigenvalue weighted by Crippen LogP contribution is 2.39. The van der Waals surface area contributed by atoms with Crippen molar-refractivity contribution in [2.24, 2.45) is 5.92 Å². The highest BCUT2D eigenvalue weighted by Gasteiger charge is 2.43. The van der Waals surface area contributed by atoms with E-state index in [1.54, 1.807) is 25.2 Å².